The highest BCUT2D eigenvalue weighted by atomic mass is 19.1. The van der Waals surface area contributed by atoms with Gasteiger partial charge in [-0.3, -0.25) is 9.78 Å². The minimum absolute atomic E-state index is 0.0841. The van der Waals surface area contributed by atoms with E-state index < -0.39 is 0 Å². The third-order valence-corrected chi connectivity index (χ3v) is 6.19. The van der Waals surface area contributed by atoms with Crippen LogP contribution in [0.5, 0.6) is 5.75 Å². The molecule has 2 aromatic carbocycles. The molecule has 5 nitrogen and oxygen atoms in total. The van der Waals surface area contributed by atoms with Crippen molar-refractivity contribution in [3.05, 3.63) is 95.6 Å². The van der Waals surface area contributed by atoms with E-state index >= 15 is 0 Å². The lowest BCUT2D eigenvalue weighted by molar-refractivity contribution is -0.132. The van der Waals surface area contributed by atoms with Crippen LogP contribution < -0.4 is 4.74 Å². The second-order valence-corrected chi connectivity index (χ2v) is 8.96. The predicted octanol–water partition coefficient (Wildman–Crippen LogP) is 4.51. The number of amides is 1. The highest BCUT2D eigenvalue weighted by molar-refractivity contribution is 5.78. The molecule has 0 bridgehead atoms. The van der Waals surface area contributed by atoms with Crippen LogP contribution in [-0.2, 0) is 24.2 Å². The monoisotopic (exact) mass is 461 g/mol. The van der Waals surface area contributed by atoms with Crippen molar-refractivity contribution < 1.29 is 13.9 Å². The Kier molecular flexibility index (Phi) is 8.26. The van der Waals surface area contributed by atoms with Gasteiger partial charge in [0, 0.05) is 57.3 Å². The minimum Gasteiger partial charge on any atom is -0.490 e. The van der Waals surface area contributed by atoms with Gasteiger partial charge in [-0.2, -0.15) is 0 Å². The van der Waals surface area contributed by atoms with E-state index in [4.69, 9.17) is 4.74 Å². The summed E-state index contributed by atoms with van der Waals surface area (Å²) in [5, 5.41) is 0. The Morgan fingerprint density at radius 1 is 1.06 bits per heavy atom. The summed E-state index contributed by atoms with van der Waals surface area (Å²) >= 11 is 0. The predicted molar refractivity (Wildman–Crippen MR) is 131 cm³/mol. The van der Waals surface area contributed by atoms with Crippen molar-refractivity contribution in [2.45, 2.75) is 38.3 Å². The number of likely N-dealkylation sites (tertiary alicyclic amines) is 1. The molecule has 1 amide bonds. The minimum atomic E-state index is -0.283. The molecule has 2 heterocycles. The first-order valence-electron chi connectivity index (χ1n) is 11.9. The number of likely N-dealkylation sites (N-methyl/N-ethyl adjacent to an activating group) is 1. The maximum Gasteiger partial charge on any atom is 0.226 e. The number of aromatic nitrogens is 1. The van der Waals surface area contributed by atoms with E-state index in [2.05, 4.69) is 35.1 Å². The van der Waals surface area contributed by atoms with E-state index in [0.29, 0.717) is 19.5 Å². The summed E-state index contributed by atoms with van der Waals surface area (Å²) in [6.07, 6.45) is 4.79. The molecule has 34 heavy (non-hydrogen) atoms. The first-order valence-corrected chi connectivity index (χ1v) is 11.9. The molecule has 0 aliphatic carbocycles. The Morgan fingerprint density at radius 2 is 1.85 bits per heavy atom. The van der Waals surface area contributed by atoms with E-state index in [0.717, 1.165) is 49.4 Å². The molecule has 1 fully saturated rings. The zero-order valence-electron chi connectivity index (χ0n) is 19.7. The fourth-order valence-corrected chi connectivity index (χ4v) is 4.26. The molecule has 3 aromatic rings. The molecule has 6 heteroatoms. The van der Waals surface area contributed by atoms with Gasteiger partial charge in [0.25, 0.3) is 0 Å². The molecule has 0 N–H and O–H groups in total. The summed E-state index contributed by atoms with van der Waals surface area (Å²) in [5.41, 5.74) is 3.16. The van der Waals surface area contributed by atoms with Crippen molar-refractivity contribution in [2.24, 2.45) is 0 Å². The summed E-state index contributed by atoms with van der Waals surface area (Å²) in [6, 6.07) is 20.4. The molecule has 0 spiro atoms. The quantitative estimate of drug-likeness (QED) is 0.471. The van der Waals surface area contributed by atoms with E-state index in [1.54, 1.807) is 12.1 Å². The Labute approximate surface area is 201 Å². The smallest absolute Gasteiger partial charge is 0.226 e. The molecule has 1 aromatic heterocycles. The van der Waals surface area contributed by atoms with Crippen LogP contribution in [-0.4, -0.2) is 53.5 Å². The van der Waals surface area contributed by atoms with E-state index in [-0.39, 0.29) is 17.8 Å². The van der Waals surface area contributed by atoms with Crippen LogP contribution in [0.1, 0.15) is 29.7 Å². The standard InChI is InChI=1S/C28H32FN3O2/c1-31(16-12-25-6-2-3-15-30-25)21-23-5-4-7-27(19-23)34-26-13-17-32(18-14-26)28(33)20-22-8-10-24(29)11-9-22/h2-11,15,19,26H,12-14,16-18,20-21H2,1H3. The number of halogens is 1. The average molecular weight is 462 g/mol. The van der Waals surface area contributed by atoms with Crippen molar-refractivity contribution in [3.8, 4) is 5.75 Å². The molecule has 178 valence electrons. The van der Waals surface area contributed by atoms with Gasteiger partial charge in [0.05, 0.1) is 6.42 Å². The van der Waals surface area contributed by atoms with Crippen LogP contribution in [0.15, 0.2) is 72.9 Å². The zero-order chi connectivity index (χ0) is 23.8. The number of pyridine rings is 1. The normalized spacial score (nSPS) is 14.4. The van der Waals surface area contributed by atoms with Gasteiger partial charge in [0.15, 0.2) is 0 Å². The molecule has 0 atom stereocenters. The van der Waals surface area contributed by atoms with Crippen molar-refractivity contribution in [1.29, 1.82) is 0 Å². The zero-order valence-corrected chi connectivity index (χ0v) is 19.7. The van der Waals surface area contributed by atoms with Crippen LogP contribution in [0.25, 0.3) is 0 Å². The number of ether oxygens (including phenoxy) is 1. The van der Waals surface area contributed by atoms with Gasteiger partial charge in [0.2, 0.25) is 5.91 Å². The molecular formula is C28H32FN3O2. The average Bonchev–Trinajstić information content (AvgIpc) is 2.85. The number of hydrogen-bond acceptors (Lipinski definition) is 4. The molecule has 0 unspecified atom stereocenters. The highest BCUT2D eigenvalue weighted by Gasteiger charge is 2.24. The van der Waals surface area contributed by atoms with Gasteiger partial charge in [-0.1, -0.05) is 30.3 Å². The number of carbonyl (C=O) groups excluding carboxylic acids is 1. The van der Waals surface area contributed by atoms with Gasteiger partial charge in [-0.15, -0.1) is 0 Å². The maximum absolute atomic E-state index is 13.1. The van der Waals surface area contributed by atoms with Crippen molar-refractivity contribution in [1.82, 2.24) is 14.8 Å². The van der Waals surface area contributed by atoms with Crippen molar-refractivity contribution in [3.63, 3.8) is 0 Å². The summed E-state index contributed by atoms with van der Waals surface area (Å²) in [4.78, 5) is 21.2. The number of rotatable bonds is 9. The number of piperidine rings is 1. The molecule has 1 saturated heterocycles. The lowest BCUT2D eigenvalue weighted by Crippen LogP contribution is -2.42. The maximum atomic E-state index is 13.1. The molecule has 0 saturated carbocycles. The molecule has 1 aliphatic heterocycles. The number of carbonyl (C=O) groups is 1. The molecular weight excluding hydrogens is 429 g/mol. The number of nitrogens with zero attached hydrogens (tertiary/aromatic N) is 3. The van der Waals surface area contributed by atoms with Crippen LogP contribution in [0.2, 0.25) is 0 Å². The first kappa shape index (κ1) is 23.9. The lowest BCUT2D eigenvalue weighted by atomic mass is 10.1. The second kappa shape index (κ2) is 11.7. The van der Waals surface area contributed by atoms with Gasteiger partial charge >= 0.3 is 0 Å². The molecule has 0 radical (unpaired) electrons. The van der Waals surface area contributed by atoms with Gasteiger partial charge in [0.1, 0.15) is 17.7 Å². The van der Waals surface area contributed by atoms with Crippen LogP contribution >= 0.6 is 0 Å². The van der Waals surface area contributed by atoms with Gasteiger partial charge in [-0.25, -0.2) is 4.39 Å². The Morgan fingerprint density at radius 3 is 2.59 bits per heavy atom. The van der Waals surface area contributed by atoms with E-state index in [9.17, 15) is 9.18 Å². The van der Waals surface area contributed by atoms with Gasteiger partial charge < -0.3 is 14.5 Å². The fourth-order valence-electron chi connectivity index (χ4n) is 4.26. The first-order chi connectivity index (χ1) is 16.5. The Bertz CT molecular complexity index is 1050. The third kappa shape index (κ3) is 7.12. The summed E-state index contributed by atoms with van der Waals surface area (Å²) in [6.45, 7) is 3.15. The third-order valence-electron chi connectivity index (χ3n) is 6.19. The SMILES string of the molecule is CN(CCc1ccccn1)Cc1cccc(OC2CCN(C(=O)Cc3ccc(F)cc3)CC2)c1. The van der Waals surface area contributed by atoms with Crippen LogP contribution in [0.4, 0.5) is 4.39 Å². The van der Waals surface area contributed by atoms with E-state index in [1.165, 1.54) is 17.7 Å². The van der Waals surface area contributed by atoms with Crippen molar-refractivity contribution in [2.75, 3.05) is 26.7 Å². The van der Waals surface area contributed by atoms with Crippen molar-refractivity contribution >= 4 is 5.91 Å². The van der Waals surface area contributed by atoms with Crippen LogP contribution in [0, 0.1) is 5.82 Å². The van der Waals surface area contributed by atoms with Crippen LogP contribution in [0.3, 0.4) is 0 Å². The highest BCUT2D eigenvalue weighted by Crippen LogP contribution is 2.21. The second-order valence-electron chi connectivity index (χ2n) is 8.96. The summed E-state index contributed by atoms with van der Waals surface area (Å²) in [5.74, 6) is 0.682. The van der Waals surface area contributed by atoms with E-state index in [1.807, 2.05) is 35.4 Å². The number of benzene rings is 2. The fraction of sp³-hybridized carbons (Fsp3) is 0.357. The Hall–Kier alpha value is -3.25. The summed E-state index contributed by atoms with van der Waals surface area (Å²) < 4.78 is 19.3. The lowest BCUT2D eigenvalue weighted by Gasteiger charge is -2.32. The summed E-state index contributed by atoms with van der Waals surface area (Å²) in [7, 11) is 2.12. The molecule has 4 rings (SSSR count). The van der Waals surface area contributed by atoms with Gasteiger partial charge in [-0.05, 0) is 54.6 Å². The number of hydrogen-bond donors (Lipinski definition) is 0. The molecule has 1 aliphatic rings. The Balaban J connectivity index is 1.22. The topological polar surface area (TPSA) is 45.7 Å². The largest absolute Gasteiger partial charge is 0.490 e.